The van der Waals surface area contributed by atoms with Crippen LogP contribution in [0.15, 0.2) is 40.8 Å². The number of amides is 1. The molecule has 1 aliphatic rings. The second-order valence-electron chi connectivity index (χ2n) is 6.68. The van der Waals surface area contributed by atoms with E-state index in [-0.39, 0.29) is 18.4 Å². The Balaban J connectivity index is 1.75. The summed E-state index contributed by atoms with van der Waals surface area (Å²) in [5.74, 6) is 1.08. The summed E-state index contributed by atoms with van der Waals surface area (Å²) in [6.07, 6.45) is 2.85. The minimum Gasteiger partial charge on any atom is -0.464 e. The summed E-state index contributed by atoms with van der Waals surface area (Å²) < 4.78 is 19.1. The van der Waals surface area contributed by atoms with Crippen LogP contribution in [0.2, 0.25) is 0 Å². The average molecular weight is 345 g/mol. The SMILES string of the molecule is Cc1ccc(C2CCCCCN2C(=O)CC(O)c2cccc(F)c2)o1. The molecule has 1 fully saturated rings. The van der Waals surface area contributed by atoms with Crippen LogP contribution in [0.4, 0.5) is 4.39 Å². The molecular formula is C20H24FNO3. The molecule has 0 spiro atoms. The van der Waals surface area contributed by atoms with E-state index >= 15 is 0 Å². The van der Waals surface area contributed by atoms with Crippen molar-refractivity contribution < 1.29 is 18.7 Å². The second kappa shape index (κ2) is 7.83. The van der Waals surface area contributed by atoms with E-state index in [0.717, 1.165) is 37.2 Å². The zero-order valence-electron chi connectivity index (χ0n) is 14.5. The molecule has 0 saturated carbocycles. The first-order chi connectivity index (χ1) is 12.0. The molecule has 2 aromatic rings. The highest BCUT2D eigenvalue weighted by Crippen LogP contribution is 2.32. The predicted octanol–water partition coefficient (Wildman–Crippen LogP) is 4.29. The largest absolute Gasteiger partial charge is 0.464 e. The molecule has 25 heavy (non-hydrogen) atoms. The second-order valence-corrected chi connectivity index (χ2v) is 6.68. The predicted molar refractivity (Wildman–Crippen MR) is 92.3 cm³/mol. The van der Waals surface area contributed by atoms with Crippen molar-refractivity contribution in [2.45, 2.75) is 51.2 Å². The van der Waals surface area contributed by atoms with E-state index in [1.54, 1.807) is 12.1 Å². The molecule has 2 unspecified atom stereocenters. The van der Waals surface area contributed by atoms with E-state index in [1.807, 2.05) is 24.0 Å². The smallest absolute Gasteiger partial charge is 0.226 e. The van der Waals surface area contributed by atoms with E-state index in [2.05, 4.69) is 0 Å². The van der Waals surface area contributed by atoms with Gasteiger partial charge in [-0.2, -0.15) is 0 Å². The number of aliphatic hydroxyl groups is 1. The first-order valence-corrected chi connectivity index (χ1v) is 8.84. The van der Waals surface area contributed by atoms with Crippen LogP contribution < -0.4 is 0 Å². The van der Waals surface area contributed by atoms with Gasteiger partial charge in [0.25, 0.3) is 0 Å². The number of aliphatic hydroxyl groups excluding tert-OH is 1. The molecule has 0 aliphatic carbocycles. The monoisotopic (exact) mass is 345 g/mol. The van der Waals surface area contributed by atoms with Gasteiger partial charge < -0.3 is 14.4 Å². The standard InChI is InChI=1S/C20H24FNO3/c1-14-9-10-19(25-14)17-8-3-2-4-11-22(17)20(24)13-18(23)15-6-5-7-16(21)12-15/h5-7,9-10,12,17-18,23H,2-4,8,11,13H2,1H3. The van der Waals surface area contributed by atoms with Crippen LogP contribution in [0.3, 0.4) is 0 Å². The highest BCUT2D eigenvalue weighted by Gasteiger charge is 2.30. The van der Waals surface area contributed by atoms with Crippen molar-refractivity contribution in [1.82, 2.24) is 4.90 Å². The number of carbonyl (C=O) groups excluding carboxylic acids is 1. The molecule has 0 radical (unpaired) electrons. The van der Waals surface area contributed by atoms with Crippen molar-refractivity contribution in [1.29, 1.82) is 0 Å². The van der Waals surface area contributed by atoms with Crippen LogP contribution in [0.25, 0.3) is 0 Å². The van der Waals surface area contributed by atoms with E-state index in [1.165, 1.54) is 12.1 Å². The van der Waals surface area contributed by atoms with Crippen LogP contribution >= 0.6 is 0 Å². The van der Waals surface area contributed by atoms with Crippen molar-refractivity contribution in [3.63, 3.8) is 0 Å². The third kappa shape index (κ3) is 4.28. The third-order valence-electron chi connectivity index (χ3n) is 4.76. The van der Waals surface area contributed by atoms with Crippen LogP contribution in [0, 0.1) is 12.7 Å². The zero-order chi connectivity index (χ0) is 17.8. The minimum atomic E-state index is -1.01. The number of hydrogen-bond acceptors (Lipinski definition) is 3. The molecule has 4 nitrogen and oxygen atoms in total. The molecule has 1 N–H and O–H groups in total. The summed E-state index contributed by atoms with van der Waals surface area (Å²) in [7, 11) is 0. The van der Waals surface area contributed by atoms with E-state index in [4.69, 9.17) is 4.42 Å². The number of halogens is 1. The van der Waals surface area contributed by atoms with Crippen molar-refractivity contribution in [3.8, 4) is 0 Å². The molecule has 5 heteroatoms. The quantitative estimate of drug-likeness (QED) is 0.899. The molecule has 1 saturated heterocycles. The van der Waals surface area contributed by atoms with E-state index in [0.29, 0.717) is 12.1 Å². The maximum absolute atomic E-state index is 13.3. The van der Waals surface area contributed by atoms with Crippen molar-refractivity contribution in [2.75, 3.05) is 6.54 Å². The van der Waals surface area contributed by atoms with Crippen LogP contribution in [0.1, 0.15) is 61.3 Å². The van der Waals surface area contributed by atoms with Crippen molar-refractivity contribution in [2.24, 2.45) is 0 Å². The number of hydrogen-bond donors (Lipinski definition) is 1. The summed E-state index contributed by atoms with van der Waals surface area (Å²) in [5, 5.41) is 10.3. The first kappa shape index (κ1) is 17.7. The summed E-state index contributed by atoms with van der Waals surface area (Å²) in [4.78, 5) is 14.7. The van der Waals surface area contributed by atoms with Gasteiger partial charge in [-0.05, 0) is 49.6 Å². The third-order valence-corrected chi connectivity index (χ3v) is 4.76. The van der Waals surface area contributed by atoms with Gasteiger partial charge in [0.1, 0.15) is 17.3 Å². The summed E-state index contributed by atoms with van der Waals surface area (Å²) in [5.41, 5.74) is 0.425. The molecule has 0 bridgehead atoms. The maximum atomic E-state index is 13.3. The molecule has 1 aromatic carbocycles. The zero-order valence-corrected chi connectivity index (χ0v) is 14.5. The molecular weight excluding hydrogens is 321 g/mol. The molecule has 1 amide bonds. The number of rotatable bonds is 4. The Hall–Kier alpha value is -2.14. The summed E-state index contributed by atoms with van der Waals surface area (Å²) in [6.45, 7) is 2.54. The Labute approximate surface area is 147 Å². The Bertz CT molecular complexity index is 727. The molecule has 1 aliphatic heterocycles. The lowest BCUT2D eigenvalue weighted by molar-refractivity contribution is -0.136. The van der Waals surface area contributed by atoms with Gasteiger partial charge in [0, 0.05) is 6.54 Å². The van der Waals surface area contributed by atoms with Gasteiger partial charge in [-0.3, -0.25) is 4.79 Å². The van der Waals surface area contributed by atoms with E-state index in [9.17, 15) is 14.3 Å². The van der Waals surface area contributed by atoms with Crippen LogP contribution in [-0.4, -0.2) is 22.5 Å². The molecule has 1 aromatic heterocycles. The number of benzene rings is 1. The topological polar surface area (TPSA) is 53.7 Å². The minimum absolute atomic E-state index is 0.0559. The molecule has 134 valence electrons. The van der Waals surface area contributed by atoms with Gasteiger partial charge in [0.05, 0.1) is 18.6 Å². The molecule has 2 atom stereocenters. The average Bonchev–Trinajstić information content (AvgIpc) is 2.87. The number of aryl methyl sites for hydroxylation is 1. The number of furan rings is 1. The summed E-state index contributed by atoms with van der Waals surface area (Å²) in [6, 6.07) is 9.51. The Morgan fingerprint density at radius 1 is 1.32 bits per heavy atom. The highest BCUT2D eigenvalue weighted by atomic mass is 19.1. The number of carbonyl (C=O) groups is 1. The Morgan fingerprint density at radius 2 is 2.16 bits per heavy atom. The lowest BCUT2D eigenvalue weighted by Gasteiger charge is -2.29. The van der Waals surface area contributed by atoms with Crippen molar-refractivity contribution >= 4 is 5.91 Å². The highest BCUT2D eigenvalue weighted by molar-refractivity contribution is 5.77. The first-order valence-electron chi connectivity index (χ1n) is 8.84. The Kier molecular flexibility index (Phi) is 5.53. The lowest BCUT2D eigenvalue weighted by Crippen LogP contribution is -2.35. The van der Waals surface area contributed by atoms with Crippen LogP contribution in [0.5, 0.6) is 0 Å². The van der Waals surface area contributed by atoms with Gasteiger partial charge in [-0.25, -0.2) is 4.39 Å². The van der Waals surface area contributed by atoms with Gasteiger partial charge in [-0.1, -0.05) is 25.0 Å². The van der Waals surface area contributed by atoms with Gasteiger partial charge in [0.15, 0.2) is 0 Å². The molecule has 2 heterocycles. The van der Waals surface area contributed by atoms with Gasteiger partial charge >= 0.3 is 0 Å². The van der Waals surface area contributed by atoms with Crippen LogP contribution in [-0.2, 0) is 4.79 Å². The van der Waals surface area contributed by atoms with Gasteiger partial charge in [0.2, 0.25) is 5.91 Å². The fourth-order valence-corrected chi connectivity index (χ4v) is 3.45. The van der Waals surface area contributed by atoms with E-state index < -0.39 is 11.9 Å². The molecule has 3 rings (SSSR count). The lowest BCUT2D eigenvalue weighted by atomic mass is 10.0. The normalized spacial score (nSPS) is 19.5. The number of nitrogens with zero attached hydrogens (tertiary/aromatic N) is 1. The fraction of sp³-hybridized carbons (Fsp3) is 0.450. The van der Waals surface area contributed by atoms with Gasteiger partial charge in [-0.15, -0.1) is 0 Å². The van der Waals surface area contributed by atoms with Crippen molar-refractivity contribution in [3.05, 3.63) is 59.3 Å². The fourth-order valence-electron chi connectivity index (χ4n) is 3.45. The maximum Gasteiger partial charge on any atom is 0.226 e. The summed E-state index contributed by atoms with van der Waals surface area (Å²) >= 11 is 0. The Morgan fingerprint density at radius 3 is 2.88 bits per heavy atom. The number of likely N-dealkylation sites (tertiary alicyclic amines) is 1.